The van der Waals surface area contributed by atoms with Gasteiger partial charge in [-0.25, -0.2) is 26.2 Å². The molecule has 0 saturated carbocycles. The Kier molecular flexibility index (Phi) is 9.32. The Balaban J connectivity index is 0.000000488. The van der Waals surface area contributed by atoms with Crippen molar-refractivity contribution in [3.8, 4) is 0 Å². The van der Waals surface area contributed by atoms with Crippen molar-refractivity contribution in [3.05, 3.63) is 115 Å². The third-order valence-corrected chi connectivity index (χ3v) is 10.5. The van der Waals surface area contributed by atoms with Gasteiger partial charge >= 0.3 is 11.5 Å². The van der Waals surface area contributed by atoms with Crippen LogP contribution in [-0.2, 0) is 40.8 Å². The van der Waals surface area contributed by atoms with Crippen LogP contribution in [0.2, 0.25) is 0 Å². The Labute approximate surface area is 252 Å². The number of aromatic nitrogens is 1. The molecule has 5 rings (SSSR count). The number of nitrogens with zero attached hydrogens (tertiary/aromatic N) is 2. The van der Waals surface area contributed by atoms with E-state index in [-0.39, 0.29) is 12.3 Å². The molecule has 0 bridgehead atoms. The Hall–Kier alpha value is -4.08. The number of fused-ring (bicyclic) bond motifs is 1. The van der Waals surface area contributed by atoms with Gasteiger partial charge in [0, 0.05) is 12.1 Å². The number of esters is 1. The summed E-state index contributed by atoms with van der Waals surface area (Å²) in [5.41, 5.74) is -4.14. The normalized spacial score (nSPS) is 22.6. The number of carbonyl (C=O) groups excluding carboxylic acids is 2. The maximum Gasteiger partial charge on any atom is 0.485 e. The molecule has 15 heteroatoms. The van der Waals surface area contributed by atoms with Crippen molar-refractivity contribution in [3.63, 3.8) is 0 Å². The first-order valence-electron chi connectivity index (χ1n) is 13.1. The highest BCUT2D eigenvalue weighted by molar-refractivity contribution is 7.94. The van der Waals surface area contributed by atoms with Crippen LogP contribution in [0.3, 0.4) is 0 Å². The van der Waals surface area contributed by atoms with Gasteiger partial charge in [0.15, 0.2) is 51.0 Å². The third-order valence-electron chi connectivity index (χ3n) is 7.23. The SMILES string of the molecule is C[C@]1(C=CC[n+]2ccccc2)[C@H](C(=O)OC(c2ccccc2)c2ccccc2)N2C(=O)C[C@H]2S1(=O)=O.O=S(=O)([O-])C(F)(F)F. The lowest BCUT2D eigenvalue weighted by atomic mass is 9.95. The second kappa shape index (κ2) is 12.5. The molecule has 2 saturated heterocycles. The van der Waals surface area contributed by atoms with Gasteiger partial charge in [0.05, 0.1) is 6.42 Å². The first-order chi connectivity index (χ1) is 20.6. The molecule has 44 heavy (non-hydrogen) atoms. The highest BCUT2D eigenvalue weighted by Crippen LogP contribution is 2.47. The minimum atomic E-state index is -6.09. The molecule has 0 radical (unpaired) electrons. The molecule has 3 atom stereocenters. The smallest absolute Gasteiger partial charge is 0.485 e. The number of carbonyl (C=O) groups is 2. The average molecular weight is 653 g/mol. The van der Waals surface area contributed by atoms with E-state index in [1.165, 1.54) is 11.8 Å². The number of hydrogen-bond acceptors (Lipinski definition) is 8. The summed E-state index contributed by atoms with van der Waals surface area (Å²) in [5.74, 6) is -1.11. The maximum atomic E-state index is 13.8. The van der Waals surface area contributed by atoms with Crippen molar-refractivity contribution in [1.82, 2.24) is 4.90 Å². The van der Waals surface area contributed by atoms with E-state index in [4.69, 9.17) is 17.7 Å². The molecule has 0 N–H and O–H groups in total. The van der Waals surface area contributed by atoms with Crippen molar-refractivity contribution >= 4 is 31.8 Å². The van der Waals surface area contributed by atoms with Crippen LogP contribution in [-0.4, -0.2) is 59.8 Å². The number of pyridine rings is 1. The number of rotatable bonds is 7. The van der Waals surface area contributed by atoms with E-state index in [1.54, 1.807) is 12.2 Å². The van der Waals surface area contributed by atoms with E-state index in [1.807, 2.05) is 95.8 Å². The highest BCUT2D eigenvalue weighted by atomic mass is 32.2. The molecular formula is C29H27F3N2O8S2. The van der Waals surface area contributed by atoms with Crippen LogP contribution in [0.25, 0.3) is 0 Å². The van der Waals surface area contributed by atoms with E-state index < -0.39 is 53.7 Å². The van der Waals surface area contributed by atoms with Gasteiger partial charge < -0.3 is 14.2 Å². The second-order valence-corrected chi connectivity index (χ2v) is 14.0. The zero-order valence-corrected chi connectivity index (χ0v) is 24.7. The van der Waals surface area contributed by atoms with E-state index in [2.05, 4.69) is 0 Å². The van der Waals surface area contributed by atoms with Crippen molar-refractivity contribution in [2.45, 2.75) is 47.7 Å². The van der Waals surface area contributed by atoms with Gasteiger partial charge in [-0.1, -0.05) is 72.8 Å². The van der Waals surface area contributed by atoms with Gasteiger partial charge in [-0.3, -0.25) is 4.79 Å². The molecule has 2 aliphatic heterocycles. The summed E-state index contributed by atoms with van der Waals surface area (Å²) in [7, 11) is -9.96. The van der Waals surface area contributed by atoms with Crippen molar-refractivity contribution < 1.29 is 53.5 Å². The third kappa shape index (κ3) is 6.54. The van der Waals surface area contributed by atoms with E-state index in [0.29, 0.717) is 6.54 Å². The quantitative estimate of drug-likeness (QED) is 0.0948. The van der Waals surface area contributed by atoms with Crippen LogP contribution in [0.1, 0.15) is 30.6 Å². The lowest BCUT2D eigenvalue weighted by Gasteiger charge is -2.36. The first kappa shape index (κ1) is 32.8. The molecule has 2 aliphatic rings. The number of benzene rings is 2. The fourth-order valence-electron chi connectivity index (χ4n) is 4.96. The monoisotopic (exact) mass is 652 g/mol. The van der Waals surface area contributed by atoms with E-state index in [0.717, 1.165) is 11.1 Å². The van der Waals surface area contributed by atoms with E-state index >= 15 is 0 Å². The van der Waals surface area contributed by atoms with Crippen molar-refractivity contribution in [1.29, 1.82) is 0 Å². The van der Waals surface area contributed by atoms with Crippen LogP contribution in [0, 0.1) is 0 Å². The minimum absolute atomic E-state index is 0.121. The van der Waals surface area contributed by atoms with Gasteiger partial charge in [-0.2, -0.15) is 13.2 Å². The predicted octanol–water partition coefficient (Wildman–Crippen LogP) is 3.03. The minimum Gasteiger partial charge on any atom is -0.741 e. The molecule has 234 valence electrons. The number of halogens is 3. The fraction of sp³-hybridized carbons (Fsp3) is 0.276. The van der Waals surface area contributed by atoms with Crippen LogP contribution >= 0.6 is 0 Å². The summed E-state index contributed by atoms with van der Waals surface area (Å²) in [6.07, 6.45) is 6.13. The summed E-state index contributed by atoms with van der Waals surface area (Å²) in [6.45, 7) is 1.93. The Morgan fingerprint density at radius 3 is 1.98 bits per heavy atom. The summed E-state index contributed by atoms with van der Waals surface area (Å²) in [4.78, 5) is 27.5. The molecule has 0 unspecified atom stereocenters. The lowest BCUT2D eigenvalue weighted by molar-refractivity contribution is -0.687. The zero-order chi connectivity index (χ0) is 32.3. The average Bonchev–Trinajstić information content (AvgIpc) is 3.11. The summed E-state index contributed by atoms with van der Waals surface area (Å²) >= 11 is 0. The van der Waals surface area contributed by atoms with Gasteiger partial charge in [0.1, 0.15) is 10.1 Å². The fourth-order valence-corrected chi connectivity index (χ4v) is 7.25. The Morgan fingerprint density at radius 1 is 1.05 bits per heavy atom. The number of allylic oxidation sites excluding steroid dienone is 1. The van der Waals surface area contributed by atoms with Crippen LogP contribution in [0.15, 0.2) is 103 Å². The van der Waals surface area contributed by atoms with Gasteiger partial charge in [0.2, 0.25) is 5.91 Å². The van der Waals surface area contributed by atoms with Crippen LogP contribution in [0.5, 0.6) is 0 Å². The molecule has 0 spiro atoms. The standard InChI is InChI=1S/C28H27N2O5S.CHF3O3S/c1-28(16-11-19-29-17-9-4-10-18-29)26(30-23(31)20-24(30)36(28,33)34)27(32)35-25(21-12-5-2-6-13-21)22-14-7-3-8-15-22;2-1(3,4)8(5,6)7/h2-18,24-26H,19-20H2,1H3;(H,5,6,7)/q+1;/p-1/t24-,26+,28+;/m1./s1. The van der Waals surface area contributed by atoms with Crippen molar-refractivity contribution in [2.24, 2.45) is 0 Å². The molecule has 3 aromatic rings. The number of sulfone groups is 1. The summed E-state index contributed by atoms with van der Waals surface area (Å²) in [5, 5.41) is -1.02. The Morgan fingerprint density at radius 2 is 1.52 bits per heavy atom. The largest absolute Gasteiger partial charge is 0.741 e. The summed E-state index contributed by atoms with van der Waals surface area (Å²) in [6, 6.07) is 22.9. The van der Waals surface area contributed by atoms with E-state index in [9.17, 15) is 31.2 Å². The molecule has 2 aromatic carbocycles. The molecule has 10 nitrogen and oxygen atoms in total. The maximum absolute atomic E-state index is 13.8. The molecule has 0 aliphatic carbocycles. The summed E-state index contributed by atoms with van der Waals surface area (Å²) < 4.78 is 92.3. The number of alkyl halides is 3. The molecule has 2 fully saturated rings. The van der Waals surface area contributed by atoms with Gasteiger partial charge in [-0.05, 0) is 24.1 Å². The molecule has 3 heterocycles. The molecular weight excluding hydrogens is 625 g/mol. The van der Waals surface area contributed by atoms with Crippen LogP contribution < -0.4 is 4.57 Å². The highest BCUT2D eigenvalue weighted by Gasteiger charge is 2.69. The number of hydrogen-bond donors (Lipinski definition) is 0. The number of amides is 1. The van der Waals surface area contributed by atoms with Gasteiger partial charge in [0.25, 0.3) is 0 Å². The Bertz CT molecular complexity index is 1700. The van der Waals surface area contributed by atoms with Crippen LogP contribution in [0.4, 0.5) is 13.2 Å². The predicted molar refractivity (Wildman–Crippen MR) is 149 cm³/mol. The molecule has 1 amide bonds. The number of β-lactam (4-membered cyclic amide) rings is 1. The molecule has 1 aromatic heterocycles. The first-order valence-corrected chi connectivity index (χ1v) is 16.0. The van der Waals surface area contributed by atoms with Crippen molar-refractivity contribution in [2.75, 3.05) is 0 Å². The lowest BCUT2D eigenvalue weighted by Crippen LogP contribution is -2.57. The zero-order valence-electron chi connectivity index (χ0n) is 23.1. The number of ether oxygens (including phenoxy) is 1. The van der Waals surface area contributed by atoms with Gasteiger partial charge in [-0.15, -0.1) is 0 Å². The topological polar surface area (TPSA) is 142 Å². The second-order valence-electron chi connectivity index (χ2n) is 10.1.